The van der Waals surface area contributed by atoms with Gasteiger partial charge in [0.15, 0.2) is 11.6 Å². The molecule has 7 heteroatoms. The molecule has 1 heterocycles. The summed E-state index contributed by atoms with van der Waals surface area (Å²) in [7, 11) is 0. The van der Waals surface area contributed by atoms with Crippen LogP contribution in [0.2, 0.25) is 0 Å². The highest BCUT2D eigenvalue weighted by Crippen LogP contribution is 2.13. The number of benzene rings is 1. The van der Waals surface area contributed by atoms with Crippen molar-refractivity contribution < 1.29 is 18.4 Å². The highest BCUT2D eigenvalue weighted by atomic mass is 19.2. The number of nitrogens with zero attached hydrogens (tertiary/aromatic N) is 2. The minimum Gasteiger partial charge on any atom is -0.340 e. The first-order chi connectivity index (χ1) is 12.4. The summed E-state index contributed by atoms with van der Waals surface area (Å²) in [4.78, 5) is 28.4. The summed E-state index contributed by atoms with van der Waals surface area (Å²) in [5, 5.41) is 3.19. The molecule has 26 heavy (non-hydrogen) atoms. The molecule has 1 aromatic carbocycles. The van der Waals surface area contributed by atoms with E-state index in [-0.39, 0.29) is 30.3 Å². The first-order valence-electron chi connectivity index (χ1n) is 9.11. The Hall–Kier alpha value is -2.02. The average molecular weight is 367 g/mol. The summed E-state index contributed by atoms with van der Waals surface area (Å²) < 4.78 is 26.6. The predicted molar refractivity (Wildman–Crippen MR) is 95.8 cm³/mol. The molecular formula is C19H27F2N3O2. The Kier molecular flexibility index (Phi) is 7.50. The van der Waals surface area contributed by atoms with Crippen LogP contribution in [-0.4, -0.2) is 60.9 Å². The van der Waals surface area contributed by atoms with Crippen molar-refractivity contribution in [1.29, 1.82) is 0 Å². The molecule has 1 aliphatic rings. The third kappa shape index (κ3) is 5.76. The van der Waals surface area contributed by atoms with Gasteiger partial charge in [-0.1, -0.05) is 13.8 Å². The maximum Gasteiger partial charge on any atom is 0.253 e. The molecule has 2 amide bonds. The van der Waals surface area contributed by atoms with E-state index >= 15 is 0 Å². The molecule has 144 valence electrons. The molecule has 1 saturated heterocycles. The summed E-state index contributed by atoms with van der Waals surface area (Å²) >= 11 is 0. The van der Waals surface area contributed by atoms with Crippen LogP contribution in [0.15, 0.2) is 18.2 Å². The lowest BCUT2D eigenvalue weighted by Gasteiger charge is -2.29. The molecule has 1 aromatic rings. The molecule has 0 spiro atoms. The number of halogens is 2. The summed E-state index contributed by atoms with van der Waals surface area (Å²) in [6.07, 6.45) is 1.00. The van der Waals surface area contributed by atoms with E-state index in [9.17, 15) is 18.4 Å². The zero-order valence-electron chi connectivity index (χ0n) is 15.4. The summed E-state index contributed by atoms with van der Waals surface area (Å²) in [6, 6.07) is 3.15. The van der Waals surface area contributed by atoms with Gasteiger partial charge in [-0.25, -0.2) is 8.78 Å². The molecule has 1 N–H and O–H groups in total. The van der Waals surface area contributed by atoms with Gasteiger partial charge >= 0.3 is 0 Å². The fourth-order valence-corrected chi connectivity index (χ4v) is 2.84. The van der Waals surface area contributed by atoms with Gasteiger partial charge in [0.2, 0.25) is 5.91 Å². The van der Waals surface area contributed by atoms with Crippen molar-refractivity contribution in [2.45, 2.75) is 26.7 Å². The van der Waals surface area contributed by atoms with E-state index in [1.54, 1.807) is 9.80 Å². The lowest BCUT2D eigenvalue weighted by atomic mass is 10.1. The highest BCUT2D eigenvalue weighted by molar-refractivity contribution is 5.94. The summed E-state index contributed by atoms with van der Waals surface area (Å²) in [5.74, 6) is -2.00. The van der Waals surface area contributed by atoms with Crippen molar-refractivity contribution in [3.63, 3.8) is 0 Å². The van der Waals surface area contributed by atoms with Crippen molar-refractivity contribution >= 4 is 11.8 Å². The van der Waals surface area contributed by atoms with Crippen molar-refractivity contribution in [1.82, 2.24) is 15.1 Å². The third-order valence-corrected chi connectivity index (χ3v) is 4.50. The summed E-state index contributed by atoms with van der Waals surface area (Å²) in [6.45, 7) is 7.73. The van der Waals surface area contributed by atoms with E-state index in [2.05, 4.69) is 5.32 Å². The second-order valence-corrected chi connectivity index (χ2v) is 6.98. The van der Waals surface area contributed by atoms with Crippen molar-refractivity contribution in [3.05, 3.63) is 35.4 Å². The first kappa shape index (κ1) is 20.3. The monoisotopic (exact) mass is 367 g/mol. The van der Waals surface area contributed by atoms with Gasteiger partial charge in [-0.05, 0) is 30.5 Å². The lowest BCUT2D eigenvalue weighted by molar-refractivity contribution is -0.131. The van der Waals surface area contributed by atoms with E-state index < -0.39 is 11.6 Å². The Labute approximate surface area is 153 Å². The Morgan fingerprint density at radius 1 is 1.15 bits per heavy atom. The van der Waals surface area contributed by atoms with Crippen LogP contribution in [0.5, 0.6) is 0 Å². The molecule has 5 nitrogen and oxygen atoms in total. The maximum absolute atomic E-state index is 13.5. The molecule has 0 saturated carbocycles. The van der Waals surface area contributed by atoms with Gasteiger partial charge in [-0.2, -0.15) is 0 Å². The molecule has 0 atom stereocenters. The highest BCUT2D eigenvalue weighted by Gasteiger charge is 2.21. The predicted octanol–water partition coefficient (Wildman–Crippen LogP) is 2.28. The van der Waals surface area contributed by atoms with Crippen LogP contribution in [-0.2, 0) is 4.79 Å². The maximum atomic E-state index is 13.5. The number of nitrogens with one attached hydrogen (secondary N) is 1. The fraction of sp³-hybridized carbons (Fsp3) is 0.579. The number of hydrogen-bond acceptors (Lipinski definition) is 3. The summed E-state index contributed by atoms with van der Waals surface area (Å²) in [5.41, 5.74) is 0.0993. The molecule has 0 aromatic heterocycles. The molecule has 0 radical (unpaired) electrons. The number of carbonyl (C=O) groups is 2. The van der Waals surface area contributed by atoms with Crippen LogP contribution in [0.3, 0.4) is 0 Å². The number of rotatable bonds is 7. The standard InChI is InChI=1S/C19H27F2N3O2/c1-14(2)5-9-24(10-6-18(25)23-11-7-22-8-12-23)19(26)15-3-4-16(20)17(21)13-15/h3-4,13-14,22H,5-12H2,1-2H3. The average Bonchev–Trinajstić information content (AvgIpc) is 2.63. The zero-order chi connectivity index (χ0) is 19.1. The number of carbonyl (C=O) groups excluding carboxylic acids is 2. The van der Waals surface area contributed by atoms with E-state index in [0.717, 1.165) is 31.6 Å². The van der Waals surface area contributed by atoms with E-state index in [1.807, 2.05) is 13.8 Å². The Bertz CT molecular complexity index is 631. The second-order valence-electron chi connectivity index (χ2n) is 6.98. The molecule has 1 fully saturated rings. The van der Waals surface area contributed by atoms with E-state index in [0.29, 0.717) is 25.6 Å². The van der Waals surface area contributed by atoms with Gasteiger partial charge in [0.1, 0.15) is 0 Å². The number of hydrogen-bond donors (Lipinski definition) is 1. The minimum atomic E-state index is -1.04. The Morgan fingerprint density at radius 2 is 1.85 bits per heavy atom. The molecule has 0 unspecified atom stereocenters. The molecule has 1 aliphatic heterocycles. The Morgan fingerprint density at radius 3 is 2.46 bits per heavy atom. The minimum absolute atomic E-state index is 0.0131. The van der Waals surface area contributed by atoms with Crippen LogP contribution in [0.25, 0.3) is 0 Å². The van der Waals surface area contributed by atoms with Crippen molar-refractivity contribution in [2.24, 2.45) is 5.92 Å². The fourth-order valence-electron chi connectivity index (χ4n) is 2.84. The lowest BCUT2D eigenvalue weighted by Crippen LogP contribution is -2.47. The second kappa shape index (κ2) is 9.62. The number of piperazine rings is 1. The quantitative estimate of drug-likeness (QED) is 0.804. The molecule has 0 aliphatic carbocycles. The third-order valence-electron chi connectivity index (χ3n) is 4.50. The van der Waals surface area contributed by atoms with Crippen LogP contribution in [0.1, 0.15) is 37.0 Å². The van der Waals surface area contributed by atoms with Gasteiger partial charge in [0, 0.05) is 51.3 Å². The van der Waals surface area contributed by atoms with E-state index in [4.69, 9.17) is 0 Å². The van der Waals surface area contributed by atoms with Gasteiger partial charge in [-0.3, -0.25) is 9.59 Å². The van der Waals surface area contributed by atoms with Gasteiger partial charge < -0.3 is 15.1 Å². The number of amides is 2. The van der Waals surface area contributed by atoms with Gasteiger partial charge in [0.05, 0.1) is 0 Å². The molecule has 2 rings (SSSR count). The Balaban J connectivity index is 2.02. The van der Waals surface area contributed by atoms with Crippen LogP contribution >= 0.6 is 0 Å². The van der Waals surface area contributed by atoms with Crippen molar-refractivity contribution in [3.8, 4) is 0 Å². The van der Waals surface area contributed by atoms with Gasteiger partial charge in [0.25, 0.3) is 5.91 Å². The molecule has 0 bridgehead atoms. The smallest absolute Gasteiger partial charge is 0.253 e. The van der Waals surface area contributed by atoms with Crippen LogP contribution in [0, 0.1) is 17.6 Å². The van der Waals surface area contributed by atoms with Crippen LogP contribution in [0.4, 0.5) is 8.78 Å². The normalized spacial score (nSPS) is 14.6. The van der Waals surface area contributed by atoms with Gasteiger partial charge in [-0.15, -0.1) is 0 Å². The SMILES string of the molecule is CC(C)CCN(CCC(=O)N1CCNCC1)C(=O)c1ccc(F)c(F)c1. The topological polar surface area (TPSA) is 52.7 Å². The molecular weight excluding hydrogens is 340 g/mol. The first-order valence-corrected chi connectivity index (χ1v) is 9.11. The van der Waals surface area contributed by atoms with E-state index in [1.165, 1.54) is 6.07 Å². The van der Waals surface area contributed by atoms with Crippen LogP contribution < -0.4 is 5.32 Å². The largest absolute Gasteiger partial charge is 0.340 e. The zero-order valence-corrected chi connectivity index (χ0v) is 15.4. The van der Waals surface area contributed by atoms with Crippen molar-refractivity contribution in [2.75, 3.05) is 39.3 Å².